The summed E-state index contributed by atoms with van der Waals surface area (Å²) in [7, 11) is -4.42. The van der Waals surface area contributed by atoms with Crippen LogP contribution in [-0.4, -0.2) is 92.2 Å². The molecule has 0 radical (unpaired) electrons. The summed E-state index contributed by atoms with van der Waals surface area (Å²) in [6.07, 6.45) is -0.145. The van der Waals surface area contributed by atoms with Crippen LogP contribution in [0.25, 0.3) is 0 Å². The van der Waals surface area contributed by atoms with Gasteiger partial charge in [0.25, 0.3) is 15.5 Å². The molecule has 1 aromatic heterocycles. The van der Waals surface area contributed by atoms with Gasteiger partial charge in [0.1, 0.15) is 6.20 Å². The van der Waals surface area contributed by atoms with Crippen LogP contribution in [0.5, 0.6) is 0 Å². The molecule has 0 saturated carbocycles. The first kappa shape index (κ1) is 25.0. The average Bonchev–Trinajstić information content (AvgIpc) is 3.18. The zero-order valence-electron chi connectivity index (χ0n) is 18.0. The second-order valence-electron chi connectivity index (χ2n) is 8.06. The van der Waals surface area contributed by atoms with Gasteiger partial charge in [0.15, 0.2) is 0 Å². The van der Waals surface area contributed by atoms with Crippen LogP contribution in [0.3, 0.4) is 0 Å². The van der Waals surface area contributed by atoms with Crippen molar-refractivity contribution in [3.63, 3.8) is 0 Å². The molecule has 1 fully saturated rings. The Balaban J connectivity index is 1.86. The maximum absolute atomic E-state index is 13.1. The number of aromatic nitrogens is 2. The molecule has 16 heteroatoms. The van der Waals surface area contributed by atoms with E-state index in [-0.39, 0.29) is 36.8 Å². The number of piperazine rings is 1. The summed E-state index contributed by atoms with van der Waals surface area (Å²) < 4.78 is 27.2. The predicted molar refractivity (Wildman–Crippen MR) is 114 cm³/mol. The van der Waals surface area contributed by atoms with Crippen molar-refractivity contribution in [3.8, 4) is 0 Å². The summed E-state index contributed by atoms with van der Waals surface area (Å²) in [4.78, 5) is 37.9. The number of nitro benzene ring substituents is 1. The molecule has 1 aliphatic heterocycles. The fourth-order valence-electron chi connectivity index (χ4n) is 3.65. The first-order valence-electron chi connectivity index (χ1n) is 9.94. The lowest BCUT2D eigenvalue weighted by Gasteiger charge is -2.37. The Morgan fingerprint density at radius 2 is 1.68 bits per heavy atom. The van der Waals surface area contributed by atoms with E-state index in [0.29, 0.717) is 13.1 Å². The van der Waals surface area contributed by atoms with Gasteiger partial charge in [-0.2, -0.15) is 0 Å². The molecule has 1 amide bonds. The van der Waals surface area contributed by atoms with Crippen molar-refractivity contribution in [2.45, 2.75) is 29.1 Å². The van der Waals surface area contributed by atoms with Crippen LogP contribution in [0.1, 0.15) is 6.92 Å². The largest absolute Gasteiger partial charge is 0.465 e. The number of non-ortho nitro benzene ring substituents is 1. The maximum atomic E-state index is 13.1. The van der Waals surface area contributed by atoms with Gasteiger partial charge in [-0.15, -0.1) is 0 Å². The molecule has 0 aliphatic carbocycles. The number of hydrogen-bond acceptors (Lipinski definition) is 10. The van der Waals surface area contributed by atoms with Gasteiger partial charge in [0.05, 0.1) is 22.0 Å². The minimum absolute atomic E-state index is 0.0451. The van der Waals surface area contributed by atoms with Crippen molar-refractivity contribution in [2.75, 3.05) is 32.7 Å². The highest BCUT2D eigenvalue weighted by Gasteiger charge is 2.36. The number of rotatable bonds is 8. The van der Waals surface area contributed by atoms with Gasteiger partial charge in [-0.05, 0) is 29.0 Å². The molecule has 3 rings (SSSR count). The molecule has 1 aromatic carbocycles. The molecule has 1 aliphatic rings. The molecule has 2 N–H and O–H groups in total. The van der Waals surface area contributed by atoms with E-state index >= 15 is 0 Å². The molecule has 15 nitrogen and oxygen atoms in total. The molecule has 1 atom stereocenters. The van der Waals surface area contributed by atoms with Crippen molar-refractivity contribution < 1.29 is 33.3 Å². The van der Waals surface area contributed by atoms with Gasteiger partial charge in [0.2, 0.25) is 0 Å². The lowest BCUT2D eigenvalue weighted by Crippen LogP contribution is -2.53. The van der Waals surface area contributed by atoms with E-state index in [2.05, 4.69) is 4.98 Å². The molecule has 1 unspecified atom stereocenters. The van der Waals surface area contributed by atoms with Crippen LogP contribution >= 0.6 is 0 Å². The molecular formula is C18H22N6O9S. The molecule has 2 aromatic rings. The summed E-state index contributed by atoms with van der Waals surface area (Å²) in [6, 6.07) is 3.97. The number of imidazole rings is 1. The van der Waals surface area contributed by atoms with E-state index in [9.17, 15) is 38.5 Å². The number of aliphatic hydroxyl groups is 1. The zero-order chi connectivity index (χ0) is 25.3. The summed E-state index contributed by atoms with van der Waals surface area (Å²) in [5.41, 5.74) is -1.89. The van der Waals surface area contributed by atoms with Gasteiger partial charge < -0.3 is 25.2 Å². The van der Waals surface area contributed by atoms with Gasteiger partial charge >= 0.3 is 17.1 Å². The average molecular weight is 498 g/mol. The Labute approximate surface area is 193 Å². The highest BCUT2D eigenvalue weighted by molar-refractivity contribution is 7.91. The zero-order valence-corrected chi connectivity index (χ0v) is 18.8. The second-order valence-corrected chi connectivity index (χ2v) is 9.91. The molecule has 0 bridgehead atoms. The van der Waals surface area contributed by atoms with Crippen molar-refractivity contribution in [1.82, 2.24) is 19.4 Å². The van der Waals surface area contributed by atoms with Crippen LogP contribution < -0.4 is 0 Å². The Morgan fingerprint density at radius 3 is 2.18 bits per heavy atom. The Kier molecular flexibility index (Phi) is 6.85. The van der Waals surface area contributed by atoms with Gasteiger partial charge in [-0.1, -0.05) is 0 Å². The topological polar surface area (TPSA) is 202 Å². The van der Waals surface area contributed by atoms with E-state index in [1.807, 2.05) is 0 Å². The van der Waals surface area contributed by atoms with Crippen molar-refractivity contribution >= 4 is 27.4 Å². The molecule has 2 heterocycles. The predicted octanol–water partition coefficient (Wildman–Crippen LogP) is 0.579. The number of nitro groups is 2. The number of amides is 1. The summed E-state index contributed by atoms with van der Waals surface area (Å²) in [5.74, 6) is -0.744. The van der Waals surface area contributed by atoms with Gasteiger partial charge in [0, 0.05) is 44.9 Å². The highest BCUT2D eigenvalue weighted by atomic mass is 32.2. The Morgan fingerprint density at radius 1 is 1.09 bits per heavy atom. The van der Waals surface area contributed by atoms with Crippen LogP contribution in [0.2, 0.25) is 0 Å². The van der Waals surface area contributed by atoms with Crippen molar-refractivity contribution in [2.24, 2.45) is 0 Å². The lowest BCUT2D eigenvalue weighted by molar-refractivity contribution is -0.389. The fraction of sp³-hybridized carbons (Fsp3) is 0.444. The lowest BCUT2D eigenvalue weighted by atomic mass is 10.1. The third-order valence-corrected chi connectivity index (χ3v) is 6.93. The molecular weight excluding hydrogens is 476 g/mol. The van der Waals surface area contributed by atoms with E-state index in [1.54, 1.807) is 4.90 Å². The fourth-order valence-corrected chi connectivity index (χ4v) is 4.99. The normalized spacial score (nSPS) is 16.7. The monoisotopic (exact) mass is 498 g/mol. The van der Waals surface area contributed by atoms with Crippen LogP contribution in [0.4, 0.5) is 16.3 Å². The Hall–Kier alpha value is -3.63. The SMILES string of the molecule is CC(O)(CN1CCN(C(=O)O)CC1)Cn1cc([N+](=O)[O-])nc1S(=O)(=O)c1ccc([N+](=O)[O-])cc1. The molecule has 1 saturated heterocycles. The number of sulfone groups is 1. The molecule has 34 heavy (non-hydrogen) atoms. The Bertz CT molecular complexity index is 1200. The summed E-state index contributed by atoms with van der Waals surface area (Å²) >= 11 is 0. The van der Waals surface area contributed by atoms with Crippen LogP contribution in [0.15, 0.2) is 40.5 Å². The van der Waals surface area contributed by atoms with E-state index in [1.165, 1.54) is 11.8 Å². The number of carboxylic acid groups (broad SMARTS) is 1. The van der Waals surface area contributed by atoms with E-state index < -0.39 is 42.4 Å². The third-order valence-electron chi connectivity index (χ3n) is 5.23. The molecule has 0 spiro atoms. The van der Waals surface area contributed by atoms with E-state index in [0.717, 1.165) is 35.0 Å². The van der Waals surface area contributed by atoms with Crippen molar-refractivity contribution in [3.05, 3.63) is 50.7 Å². The summed E-state index contributed by atoms with van der Waals surface area (Å²) in [5, 5.41) is 41.4. The first-order chi connectivity index (χ1) is 15.8. The third kappa shape index (κ3) is 5.46. The highest BCUT2D eigenvalue weighted by Crippen LogP contribution is 2.26. The van der Waals surface area contributed by atoms with Crippen LogP contribution in [-0.2, 0) is 16.4 Å². The van der Waals surface area contributed by atoms with E-state index in [4.69, 9.17) is 5.11 Å². The van der Waals surface area contributed by atoms with Crippen LogP contribution in [0, 0.1) is 20.2 Å². The number of carbonyl (C=O) groups is 1. The molecule has 184 valence electrons. The van der Waals surface area contributed by atoms with Gasteiger partial charge in [-0.25, -0.2) is 13.2 Å². The maximum Gasteiger partial charge on any atom is 0.407 e. The van der Waals surface area contributed by atoms with Gasteiger partial charge in [-0.3, -0.25) is 19.6 Å². The smallest absolute Gasteiger partial charge is 0.407 e. The summed E-state index contributed by atoms with van der Waals surface area (Å²) in [6.45, 7) is 2.27. The minimum Gasteiger partial charge on any atom is -0.465 e. The number of hydrogen-bond donors (Lipinski definition) is 2. The standard InChI is InChI=1S/C18H22N6O9S/c1-18(27,11-20-6-8-21(9-7-20)17(25)26)12-22-10-15(24(30)31)19-16(22)34(32,33)14-4-2-13(3-5-14)23(28)29/h2-5,10,27H,6-9,11-12H2,1H3,(H,25,26). The second kappa shape index (κ2) is 9.32. The van der Waals surface area contributed by atoms with Crippen molar-refractivity contribution in [1.29, 1.82) is 0 Å². The minimum atomic E-state index is -4.42. The number of benzene rings is 1. The number of nitrogens with zero attached hydrogens (tertiary/aromatic N) is 6. The quantitative estimate of drug-likeness (QED) is 0.380. The first-order valence-corrected chi connectivity index (χ1v) is 11.4. The number of β-amino-alcohol motifs (C(OH)–C–C–N with tert-alkyl or cyclic N) is 1.